The van der Waals surface area contributed by atoms with E-state index in [0.717, 1.165) is 15.8 Å². The average molecular weight is 306 g/mol. The Hall–Kier alpha value is -1.70. The Morgan fingerprint density at radius 2 is 2.00 bits per heavy atom. The van der Waals surface area contributed by atoms with E-state index in [4.69, 9.17) is 5.84 Å². The van der Waals surface area contributed by atoms with Gasteiger partial charge in [0, 0.05) is 26.2 Å². The summed E-state index contributed by atoms with van der Waals surface area (Å²) in [5.41, 5.74) is 1.93. The SMILES string of the molecule is Cc1ccc2sc(=O)n(CC(=O)N3CCN(N)CC3)c2c1. The summed E-state index contributed by atoms with van der Waals surface area (Å²) in [6.07, 6.45) is 0. The van der Waals surface area contributed by atoms with E-state index in [1.807, 2.05) is 25.1 Å². The van der Waals surface area contributed by atoms with Gasteiger partial charge in [0.25, 0.3) is 0 Å². The second-order valence-electron chi connectivity index (χ2n) is 5.34. The highest BCUT2D eigenvalue weighted by Gasteiger charge is 2.21. The van der Waals surface area contributed by atoms with E-state index in [9.17, 15) is 9.59 Å². The third-order valence-electron chi connectivity index (χ3n) is 3.78. The van der Waals surface area contributed by atoms with Crippen LogP contribution in [0.1, 0.15) is 5.56 Å². The van der Waals surface area contributed by atoms with Crippen LogP contribution in [-0.4, -0.2) is 46.6 Å². The number of fused-ring (bicyclic) bond motifs is 1. The molecule has 1 aliphatic rings. The van der Waals surface area contributed by atoms with E-state index >= 15 is 0 Å². The van der Waals surface area contributed by atoms with E-state index in [1.165, 1.54) is 11.3 Å². The zero-order chi connectivity index (χ0) is 15.0. The van der Waals surface area contributed by atoms with Gasteiger partial charge in [0.05, 0.1) is 10.2 Å². The van der Waals surface area contributed by atoms with Crippen LogP contribution < -0.4 is 10.7 Å². The molecule has 3 rings (SSSR count). The first kappa shape index (κ1) is 14.2. The van der Waals surface area contributed by atoms with Crippen molar-refractivity contribution >= 4 is 27.5 Å². The topological polar surface area (TPSA) is 71.6 Å². The molecule has 1 aliphatic heterocycles. The first-order valence-electron chi connectivity index (χ1n) is 6.92. The summed E-state index contributed by atoms with van der Waals surface area (Å²) in [6, 6.07) is 5.87. The zero-order valence-corrected chi connectivity index (χ0v) is 12.7. The lowest BCUT2D eigenvalue weighted by Crippen LogP contribution is -2.52. The molecule has 1 saturated heterocycles. The van der Waals surface area contributed by atoms with Crippen molar-refractivity contribution in [2.45, 2.75) is 13.5 Å². The van der Waals surface area contributed by atoms with Gasteiger partial charge in [-0.2, -0.15) is 0 Å². The summed E-state index contributed by atoms with van der Waals surface area (Å²) in [4.78, 5) is 26.2. The Labute approximate surface area is 126 Å². The number of carbonyl (C=O) groups excluding carboxylic acids is 1. The van der Waals surface area contributed by atoms with Crippen molar-refractivity contribution in [1.29, 1.82) is 0 Å². The normalized spacial score (nSPS) is 16.6. The maximum absolute atomic E-state index is 12.4. The largest absolute Gasteiger partial charge is 0.338 e. The minimum absolute atomic E-state index is 0.0218. The smallest absolute Gasteiger partial charge is 0.308 e. The quantitative estimate of drug-likeness (QED) is 0.815. The zero-order valence-electron chi connectivity index (χ0n) is 11.9. The van der Waals surface area contributed by atoms with Crippen LogP contribution in [0, 0.1) is 6.92 Å². The van der Waals surface area contributed by atoms with Gasteiger partial charge in [-0.25, -0.2) is 5.01 Å². The van der Waals surface area contributed by atoms with Crippen LogP contribution >= 0.6 is 11.3 Å². The Morgan fingerprint density at radius 3 is 2.71 bits per heavy atom. The molecule has 0 saturated carbocycles. The number of rotatable bonds is 2. The molecule has 112 valence electrons. The summed E-state index contributed by atoms with van der Waals surface area (Å²) < 4.78 is 2.50. The van der Waals surface area contributed by atoms with Gasteiger partial charge in [-0.3, -0.25) is 20.0 Å². The molecule has 2 heterocycles. The number of piperazine rings is 1. The lowest BCUT2D eigenvalue weighted by molar-refractivity contribution is -0.133. The van der Waals surface area contributed by atoms with Crippen molar-refractivity contribution in [2.75, 3.05) is 26.2 Å². The van der Waals surface area contributed by atoms with Crippen LogP contribution in [0.15, 0.2) is 23.0 Å². The molecule has 2 aromatic rings. The number of hydrogen-bond donors (Lipinski definition) is 1. The predicted octanol–water partition coefficient (Wildman–Crippen LogP) is 0.389. The molecule has 21 heavy (non-hydrogen) atoms. The van der Waals surface area contributed by atoms with Gasteiger partial charge < -0.3 is 4.90 Å². The molecule has 0 radical (unpaired) electrons. The predicted molar refractivity (Wildman–Crippen MR) is 83.2 cm³/mol. The monoisotopic (exact) mass is 306 g/mol. The Kier molecular flexibility index (Phi) is 3.79. The standard InChI is InChI=1S/C14H18N4O2S/c1-10-2-3-12-11(8-10)18(14(20)21-12)9-13(19)16-4-6-17(15)7-5-16/h2-3,8H,4-7,9,15H2,1H3. The number of hydrazine groups is 1. The molecule has 0 aliphatic carbocycles. The molecule has 1 aromatic heterocycles. The fourth-order valence-corrected chi connectivity index (χ4v) is 3.40. The molecule has 0 atom stereocenters. The lowest BCUT2D eigenvalue weighted by atomic mass is 10.2. The summed E-state index contributed by atoms with van der Waals surface area (Å²) in [5, 5.41) is 1.71. The van der Waals surface area contributed by atoms with Gasteiger partial charge >= 0.3 is 4.87 Å². The minimum atomic E-state index is -0.0820. The van der Waals surface area contributed by atoms with Gasteiger partial charge in [0.2, 0.25) is 5.91 Å². The number of nitrogens with two attached hydrogens (primary N) is 1. The first-order valence-corrected chi connectivity index (χ1v) is 7.73. The molecular formula is C14H18N4O2S. The van der Waals surface area contributed by atoms with Gasteiger partial charge in [-0.05, 0) is 24.6 Å². The van der Waals surface area contributed by atoms with Crippen LogP contribution in [0.2, 0.25) is 0 Å². The van der Waals surface area contributed by atoms with Gasteiger partial charge in [-0.15, -0.1) is 0 Å². The Balaban J connectivity index is 1.84. The number of benzene rings is 1. The summed E-state index contributed by atoms with van der Waals surface area (Å²) in [5.74, 6) is 5.67. The van der Waals surface area contributed by atoms with E-state index in [-0.39, 0.29) is 17.3 Å². The van der Waals surface area contributed by atoms with E-state index in [2.05, 4.69) is 0 Å². The molecular weight excluding hydrogens is 288 g/mol. The maximum Gasteiger partial charge on any atom is 0.308 e. The Morgan fingerprint density at radius 1 is 1.29 bits per heavy atom. The number of carbonyl (C=O) groups is 1. The third-order valence-corrected chi connectivity index (χ3v) is 4.74. The summed E-state index contributed by atoms with van der Waals surface area (Å²) in [7, 11) is 0. The van der Waals surface area contributed by atoms with Crippen LogP contribution in [0.4, 0.5) is 0 Å². The Bertz CT molecular complexity index is 728. The molecule has 1 aromatic carbocycles. The number of aryl methyl sites for hydroxylation is 1. The number of hydrogen-bond acceptors (Lipinski definition) is 5. The average Bonchev–Trinajstić information content (AvgIpc) is 2.76. The summed E-state index contributed by atoms with van der Waals surface area (Å²) in [6.45, 7) is 4.66. The number of nitrogens with zero attached hydrogens (tertiary/aromatic N) is 3. The molecule has 1 fully saturated rings. The van der Waals surface area contributed by atoms with Gasteiger partial charge in [0.15, 0.2) is 0 Å². The summed E-state index contributed by atoms with van der Waals surface area (Å²) >= 11 is 1.18. The van der Waals surface area contributed by atoms with E-state index in [1.54, 1.807) is 14.5 Å². The fourth-order valence-electron chi connectivity index (χ4n) is 2.53. The van der Waals surface area contributed by atoms with Gasteiger partial charge in [-0.1, -0.05) is 17.4 Å². The first-order chi connectivity index (χ1) is 10.0. The van der Waals surface area contributed by atoms with Crippen molar-refractivity contribution in [3.8, 4) is 0 Å². The fraction of sp³-hybridized carbons (Fsp3) is 0.429. The number of aromatic nitrogens is 1. The van der Waals surface area contributed by atoms with Gasteiger partial charge in [0.1, 0.15) is 6.54 Å². The van der Waals surface area contributed by atoms with Crippen molar-refractivity contribution in [2.24, 2.45) is 5.84 Å². The second-order valence-corrected chi connectivity index (χ2v) is 6.34. The van der Waals surface area contributed by atoms with Crippen molar-refractivity contribution in [3.63, 3.8) is 0 Å². The second kappa shape index (κ2) is 5.59. The third kappa shape index (κ3) is 2.85. The van der Waals surface area contributed by atoms with Crippen LogP contribution in [-0.2, 0) is 11.3 Å². The highest BCUT2D eigenvalue weighted by atomic mass is 32.1. The minimum Gasteiger partial charge on any atom is -0.338 e. The number of amides is 1. The molecule has 0 unspecified atom stereocenters. The van der Waals surface area contributed by atoms with Crippen molar-refractivity contribution in [1.82, 2.24) is 14.5 Å². The molecule has 0 bridgehead atoms. The lowest BCUT2D eigenvalue weighted by Gasteiger charge is -2.32. The van der Waals surface area contributed by atoms with Crippen molar-refractivity contribution < 1.29 is 4.79 Å². The highest BCUT2D eigenvalue weighted by Crippen LogP contribution is 2.18. The van der Waals surface area contributed by atoms with Crippen molar-refractivity contribution in [3.05, 3.63) is 33.4 Å². The molecule has 2 N–H and O–H groups in total. The number of thiazole rings is 1. The van der Waals surface area contributed by atoms with Crippen LogP contribution in [0.3, 0.4) is 0 Å². The molecule has 7 heteroatoms. The highest BCUT2D eigenvalue weighted by molar-refractivity contribution is 7.16. The maximum atomic E-state index is 12.4. The van der Waals surface area contributed by atoms with Crippen LogP contribution in [0.25, 0.3) is 10.2 Å². The van der Waals surface area contributed by atoms with E-state index in [0.29, 0.717) is 26.2 Å². The van der Waals surface area contributed by atoms with Crippen LogP contribution in [0.5, 0.6) is 0 Å². The van der Waals surface area contributed by atoms with E-state index < -0.39 is 0 Å². The molecule has 0 spiro atoms. The molecule has 6 nitrogen and oxygen atoms in total. The molecule has 1 amide bonds.